The molecule has 2 N–H and O–H groups in total. The van der Waals surface area contributed by atoms with E-state index in [0.717, 1.165) is 43.9 Å². The molecule has 1 aromatic carbocycles. The first-order valence-corrected chi connectivity index (χ1v) is 11.1. The fourth-order valence-electron chi connectivity index (χ4n) is 4.47. The normalized spacial score (nSPS) is 19.7. The van der Waals surface area contributed by atoms with E-state index in [1.54, 1.807) is 6.07 Å². The summed E-state index contributed by atoms with van der Waals surface area (Å²) in [4.78, 5) is 24.1. The highest BCUT2D eigenvalue weighted by Gasteiger charge is 2.28. The molecule has 1 atom stereocenters. The molecule has 5 rings (SSSR count). The molecule has 2 aromatic heterocycles. The number of aromatic amines is 2. The molecule has 4 heterocycles. The largest absolute Gasteiger partial charge is 0.514 e. The summed E-state index contributed by atoms with van der Waals surface area (Å²) >= 11 is 0. The van der Waals surface area contributed by atoms with Gasteiger partial charge in [-0.25, -0.2) is 9.79 Å². The summed E-state index contributed by atoms with van der Waals surface area (Å²) in [5.41, 5.74) is 3.23. The summed E-state index contributed by atoms with van der Waals surface area (Å²) < 4.78 is 17.5. The molecular formula is C26H27N3O4. The molecule has 170 valence electrons. The van der Waals surface area contributed by atoms with Crippen molar-refractivity contribution in [3.05, 3.63) is 68.6 Å². The van der Waals surface area contributed by atoms with E-state index in [4.69, 9.17) is 19.2 Å². The predicted octanol–water partition coefficient (Wildman–Crippen LogP) is 2.48. The zero-order chi connectivity index (χ0) is 23.3. The molecule has 7 heteroatoms. The number of hydrogen-bond donors (Lipinski definition) is 2. The molecule has 3 aromatic rings. The highest BCUT2D eigenvalue weighted by Crippen LogP contribution is 2.21. The number of fused-ring (bicyclic) bond motifs is 3. The Morgan fingerprint density at radius 2 is 1.97 bits per heavy atom. The van der Waals surface area contributed by atoms with Crippen molar-refractivity contribution in [2.75, 3.05) is 0 Å². The van der Waals surface area contributed by atoms with E-state index >= 15 is 0 Å². The molecule has 7 nitrogen and oxygen atoms in total. The Labute approximate surface area is 191 Å². The van der Waals surface area contributed by atoms with Gasteiger partial charge in [0.15, 0.2) is 0 Å². The Kier molecular flexibility index (Phi) is 4.92. The minimum Gasteiger partial charge on any atom is -0.488 e. The molecule has 0 aliphatic carbocycles. The third kappa shape index (κ3) is 4.18. The van der Waals surface area contributed by atoms with Crippen LogP contribution in [-0.2, 0) is 4.74 Å². The highest BCUT2D eigenvalue weighted by molar-refractivity contribution is 5.78. The van der Waals surface area contributed by atoms with Crippen molar-refractivity contribution in [1.82, 2.24) is 9.97 Å². The van der Waals surface area contributed by atoms with Crippen LogP contribution in [0.5, 0.6) is 11.5 Å². The summed E-state index contributed by atoms with van der Waals surface area (Å²) in [5.74, 6) is 1.14. The zero-order valence-electron chi connectivity index (χ0n) is 19.4. The minimum atomic E-state index is -0.778. The van der Waals surface area contributed by atoms with Crippen molar-refractivity contribution in [3.63, 3.8) is 0 Å². The van der Waals surface area contributed by atoms with Crippen molar-refractivity contribution in [2.45, 2.75) is 52.7 Å². The number of hydrogen-bond acceptors (Lipinski definition) is 5. The van der Waals surface area contributed by atoms with Crippen LogP contribution in [0.4, 0.5) is 4.79 Å². The van der Waals surface area contributed by atoms with Crippen molar-refractivity contribution in [1.29, 1.82) is 0 Å². The van der Waals surface area contributed by atoms with E-state index in [9.17, 15) is 4.79 Å². The lowest BCUT2D eigenvalue weighted by Gasteiger charge is -2.27. The van der Waals surface area contributed by atoms with E-state index in [0.29, 0.717) is 17.9 Å². The maximum Gasteiger partial charge on any atom is 0.514 e. The average molecular weight is 446 g/mol. The van der Waals surface area contributed by atoms with Crippen LogP contribution in [0.2, 0.25) is 0 Å². The Bertz CT molecular complexity index is 1510. The summed E-state index contributed by atoms with van der Waals surface area (Å²) in [6.45, 7) is 9.77. The quantitative estimate of drug-likeness (QED) is 0.445. The van der Waals surface area contributed by atoms with Crippen LogP contribution in [0.15, 0.2) is 35.3 Å². The van der Waals surface area contributed by atoms with Crippen LogP contribution in [0.25, 0.3) is 17.8 Å². The van der Waals surface area contributed by atoms with Crippen LogP contribution in [0, 0.1) is 13.8 Å². The molecule has 0 amide bonds. The van der Waals surface area contributed by atoms with Gasteiger partial charge in [-0.1, -0.05) is 6.07 Å². The molecule has 0 spiro atoms. The number of ether oxygens (including phenoxy) is 3. The van der Waals surface area contributed by atoms with Gasteiger partial charge in [0.25, 0.3) is 0 Å². The lowest BCUT2D eigenvalue weighted by atomic mass is 10.0. The van der Waals surface area contributed by atoms with Gasteiger partial charge in [-0.15, -0.1) is 0 Å². The molecule has 2 aliphatic rings. The third-order valence-corrected chi connectivity index (χ3v) is 5.79. The molecule has 4 bridgehead atoms. The van der Waals surface area contributed by atoms with Crippen LogP contribution in [0.1, 0.15) is 44.1 Å². The number of aromatic nitrogens is 2. The molecule has 0 fully saturated rings. The lowest BCUT2D eigenvalue weighted by Crippen LogP contribution is -2.36. The van der Waals surface area contributed by atoms with Crippen molar-refractivity contribution in [3.8, 4) is 11.5 Å². The molecule has 0 saturated heterocycles. The van der Waals surface area contributed by atoms with Gasteiger partial charge in [0.1, 0.15) is 17.1 Å². The van der Waals surface area contributed by atoms with Gasteiger partial charge in [-0.2, -0.15) is 0 Å². The number of aryl methyl sites for hydroxylation is 2. The maximum absolute atomic E-state index is 12.5. The van der Waals surface area contributed by atoms with Crippen LogP contribution in [0.3, 0.4) is 0 Å². The number of H-pyrrole nitrogens is 2. The number of rotatable bonds is 1. The monoisotopic (exact) mass is 445 g/mol. The smallest absolute Gasteiger partial charge is 0.488 e. The van der Waals surface area contributed by atoms with E-state index in [2.05, 4.69) is 23.0 Å². The number of carbonyl (C=O) groups is 1. The van der Waals surface area contributed by atoms with Crippen LogP contribution < -0.4 is 30.7 Å². The van der Waals surface area contributed by atoms with Gasteiger partial charge in [-0.3, -0.25) is 0 Å². The second kappa shape index (κ2) is 7.69. The molecular weight excluding hydrogens is 418 g/mol. The van der Waals surface area contributed by atoms with E-state index in [1.807, 2.05) is 58.0 Å². The molecule has 1 unspecified atom stereocenters. The van der Waals surface area contributed by atoms with Gasteiger partial charge in [-0.05, 0) is 70.5 Å². The second-order valence-corrected chi connectivity index (χ2v) is 9.33. The van der Waals surface area contributed by atoms with Crippen LogP contribution >= 0.6 is 0 Å². The molecule has 0 radical (unpaired) electrons. The SMILES string of the molecule is Cc1cc(C)c(/C=c2\[nH]c3cc2OC(C)CC(C)(C)OC(=O)Oc2cccc4c2=CC=3N=4)[nH]1. The number of cyclic esters (lactones) is 1. The second-order valence-electron chi connectivity index (χ2n) is 9.33. The fourth-order valence-corrected chi connectivity index (χ4v) is 4.47. The van der Waals surface area contributed by atoms with Gasteiger partial charge < -0.3 is 24.2 Å². The standard InChI is InChI=1S/C26H27N3O4/c1-14-9-15(2)27-19(14)11-22-24-12-21(29-22)20-10-17-18(28-20)7-6-8-23(17)32-25(30)33-26(4,5)13-16(3)31-24/h6-12,16,27,29H,13H2,1-5H3/b21-20?,22-11-. The Balaban J connectivity index is 1.74. The number of benzene rings is 1. The Morgan fingerprint density at radius 3 is 2.73 bits per heavy atom. The van der Waals surface area contributed by atoms with Gasteiger partial charge in [0, 0.05) is 29.1 Å². The van der Waals surface area contributed by atoms with E-state index < -0.39 is 11.8 Å². The van der Waals surface area contributed by atoms with Crippen molar-refractivity contribution in [2.24, 2.45) is 4.99 Å². The summed E-state index contributed by atoms with van der Waals surface area (Å²) in [6.07, 6.45) is 3.48. The first-order valence-electron chi connectivity index (χ1n) is 11.1. The average Bonchev–Trinajstić information content (AvgIpc) is 3.38. The predicted molar refractivity (Wildman–Crippen MR) is 125 cm³/mol. The molecule has 33 heavy (non-hydrogen) atoms. The van der Waals surface area contributed by atoms with Crippen molar-refractivity contribution < 1.29 is 19.0 Å². The van der Waals surface area contributed by atoms with Crippen LogP contribution in [-0.4, -0.2) is 27.8 Å². The van der Waals surface area contributed by atoms with Gasteiger partial charge >= 0.3 is 6.16 Å². The van der Waals surface area contributed by atoms with Crippen molar-refractivity contribution >= 4 is 24.0 Å². The Hall–Kier alpha value is -3.74. The summed E-state index contributed by atoms with van der Waals surface area (Å²) in [5, 5.41) is 3.14. The number of carbonyl (C=O) groups excluding carboxylic acids is 1. The lowest BCUT2D eigenvalue weighted by molar-refractivity contribution is -0.0143. The molecule has 0 saturated carbocycles. The fraction of sp³-hybridized carbons (Fsp3) is 0.308. The first kappa shape index (κ1) is 21.1. The van der Waals surface area contributed by atoms with E-state index in [-0.39, 0.29) is 6.10 Å². The van der Waals surface area contributed by atoms with Gasteiger partial charge in [0.05, 0.1) is 27.9 Å². The topological polar surface area (TPSA) is 88.7 Å². The zero-order valence-corrected chi connectivity index (χ0v) is 19.4. The minimum absolute atomic E-state index is 0.218. The summed E-state index contributed by atoms with van der Waals surface area (Å²) in [6, 6.07) is 9.53. The summed E-state index contributed by atoms with van der Waals surface area (Å²) in [7, 11) is 0. The first-order chi connectivity index (χ1) is 15.7. The maximum atomic E-state index is 12.5. The van der Waals surface area contributed by atoms with Gasteiger partial charge in [0.2, 0.25) is 0 Å². The number of nitrogens with zero attached hydrogens (tertiary/aromatic N) is 1. The number of nitrogens with one attached hydrogen (secondary N) is 2. The highest BCUT2D eigenvalue weighted by atomic mass is 16.7. The van der Waals surface area contributed by atoms with E-state index in [1.165, 1.54) is 0 Å². The molecule has 2 aliphatic heterocycles. The third-order valence-electron chi connectivity index (χ3n) is 5.79. The Morgan fingerprint density at radius 1 is 1.15 bits per heavy atom.